The fourth-order valence-corrected chi connectivity index (χ4v) is 3.75. The van der Waals surface area contributed by atoms with Crippen LogP contribution in [0.2, 0.25) is 0 Å². The van der Waals surface area contributed by atoms with Crippen LogP contribution in [0.15, 0.2) is 48.5 Å². The zero-order valence-corrected chi connectivity index (χ0v) is 16.9. The summed E-state index contributed by atoms with van der Waals surface area (Å²) >= 11 is 0. The molecule has 2 amide bonds. The van der Waals surface area contributed by atoms with Crippen molar-refractivity contribution in [2.75, 3.05) is 33.4 Å². The normalized spacial score (nSPS) is 18.7. The van der Waals surface area contributed by atoms with Gasteiger partial charge in [-0.05, 0) is 31.0 Å². The number of methoxy groups -OCH3 is 1. The highest BCUT2D eigenvalue weighted by atomic mass is 19.1. The highest BCUT2D eigenvalue weighted by Crippen LogP contribution is 2.34. The first-order chi connectivity index (χ1) is 14.0. The molecule has 0 aliphatic carbocycles. The molecule has 1 saturated heterocycles. The van der Waals surface area contributed by atoms with E-state index in [0.717, 1.165) is 17.5 Å². The summed E-state index contributed by atoms with van der Waals surface area (Å²) in [6.45, 7) is 3.75. The second-order valence-electron chi connectivity index (χ2n) is 7.45. The van der Waals surface area contributed by atoms with E-state index in [1.54, 1.807) is 24.1 Å². The van der Waals surface area contributed by atoms with Crippen LogP contribution in [0.25, 0.3) is 0 Å². The van der Waals surface area contributed by atoms with E-state index >= 15 is 0 Å². The number of nitrogens with zero attached hydrogens (tertiary/aromatic N) is 1. The predicted molar refractivity (Wildman–Crippen MR) is 109 cm³/mol. The molecule has 1 aliphatic heterocycles. The van der Waals surface area contributed by atoms with E-state index in [-0.39, 0.29) is 35.8 Å². The number of carbonyl (C=O) groups excluding carboxylic acids is 2. The van der Waals surface area contributed by atoms with Gasteiger partial charge in [0.15, 0.2) is 0 Å². The van der Waals surface area contributed by atoms with Crippen LogP contribution >= 0.6 is 0 Å². The number of hydrogen-bond donors (Lipinski definition) is 1. The summed E-state index contributed by atoms with van der Waals surface area (Å²) in [5.41, 5.74) is 2.18. The van der Waals surface area contributed by atoms with Crippen molar-refractivity contribution >= 4 is 11.8 Å². The molecule has 0 aromatic heterocycles. The van der Waals surface area contributed by atoms with Crippen molar-refractivity contribution in [3.8, 4) is 0 Å². The summed E-state index contributed by atoms with van der Waals surface area (Å²) in [7, 11) is 1.62. The molecule has 0 radical (unpaired) electrons. The Kier molecular flexibility index (Phi) is 6.99. The summed E-state index contributed by atoms with van der Waals surface area (Å²) in [5.74, 6) is -1.52. The van der Waals surface area contributed by atoms with Gasteiger partial charge in [-0.2, -0.15) is 0 Å². The molecule has 2 aromatic rings. The minimum Gasteiger partial charge on any atom is -0.385 e. The average molecular weight is 398 g/mol. The first kappa shape index (κ1) is 21.0. The third-order valence-electron chi connectivity index (χ3n) is 5.38. The highest BCUT2D eigenvalue weighted by molar-refractivity contribution is 5.95. The Morgan fingerprint density at radius 1 is 1.14 bits per heavy atom. The maximum Gasteiger partial charge on any atom is 0.256 e. The molecule has 2 atom stereocenters. The van der Waals surface area contributed by atoms with Gasteiger partial charge in [-0.25, -0.2) is 4.39 Å². The number of aryl methyl sites for hydroxylation is 1. The van der Waals surface area contributed by atoms with E-state index in [9.17, 15) is 14.0 Å². The third-order valence-corrected chi connectivity index (χ3v) is 5.38. The number of amides is 2. The van der Waals surface area contributed by atoms with Crippen LogP contribution in [0.1, 0.15) is 33.8 Å². The van der Waals surface area contributed by atoms with Gasteiger partial charge in [0.05, 0.1) is 11.5 Å². The quantitative estimate of drug-likeness (QED) is 0.729. The van der Waals surface area contributed by atoms with Crippen molar-refractivity contribution in [1.82, 2.24) is 10.2 Å². The molecule has 1 heterocycles. The Morgan fingerprint density at radius 3 is 2.55 bits per heavy atom. The molecule has 0 bridgehead atoms. The number of nitrogens with one attached hydrogen (secondary N) is 1. The lowest BCUT2D eigenvalue weighted by Crippen LogP contribution is -2.36. The van der Waals surface area contributed by atoms with E-state index in [0.29, 0.717) is 19.7 Å². The van der Waals surface area contributed by atoms with Crippen LogP contribution in [0.5, 0.6) is 0 Å². The first-order valence-electron chi connectivity index (χ1n) is 9.88. The molecule has 5 nitrogen and oxygen atoms in total. The van der Waals surface area contributed by atoms with Crippen molar-refractivity contribution in [2.45, 2.75) is 19.3 Å². The molecule has 29 heavy (non-hydrogen) atoms. The van der Waals surface area contributed by atoms with Crippen molar-refractivity contribution in [3.05, 3.63) is 71.0 Å². The van der Waals surface area contributed by atoms with Crippen LogP contribution < -0.4 is 5.32 Å². The van der Waals surface area contributed by atoms with Gasteiger partial charge in [0.2, 0.25) is 5.91 Å². The topological polar surface area (TPSA) is 58.6 Å². The van der Waals surface area contributed by atoms with Gasteiger partial charge >= 0.3 is 0 Å². The van der Waals surface area contributed by atoms with Gasteiger partial charge in [0.1, 0.15) is 5.82 Å². The van der Waals surface area contributed by atoms with Crippen molar-refractivity contribution in [2.24, 2.45) is 5.92 Å². The maximum atomic E-state index is 14.1. The number of likely N-dealkylation sites (tertiary alicyclic amines) is 1. The predicted octanol–water partition coefficient (Wildman–Crippen LogP) is 3.14. The van der Waals surface area contributed by atoms with E-state index in [2.05, 4.69) is 5.32 Å². The number of ether oxygens (including phenoxy) is 1. The fraction of sp³-hybridized carbons (Fsp3) is 0.391. The summed E-state index contributed by atoms with van der Waals surface area (Å²) < 4.78 is 19.1. The summed E-state index contributed by atoms with van der Waals surface area (Å²) in [6.07, 6.45) is 0.724. The molecule has 3 rings (SSSR count). The zero-order valence-electron chi connectivity index (χ0n) is 16.9. The summed E-state index contributed by atoms with van der Waals surface area (Å²) in [6, 6.07) is 14.0. The SMILES string of the molecule is COCCCNC(=O)[C@H]1CN(C(=O)c2ccccc2F)C[C@H]1c1ccc(C)cc1. The fourth-order valence-electron chi connectivity index (χ4n) is 3.75. The molecule has 154 valence electrons. The summed E-state index contributed by atoms with van der Waals surface area (Å²) in [5, 5.41) is 2.95. The van der Waals surface area contributed by atoms with Crippen LogP contribution in [0, 0.1) is 18.7 Å². The maximum absolute atomic E-state index is 14.1. The molecule has 0 unspecified atom stereocenters. The second-order valence-corrected chi connectivity index (χ2v) is 7.45. The lowest BCUT2D eigenvalue weighted by Gasteiger charge is -2.18. The van der Waals surface area contributed by atoms with E-state index in [1.165, 1.54) is 12.1 Å². The highest BCUT2D eigenvalue weighted by Gasteiger charge is 2.40. The van der Waals surface area contributed by atoms with Gasteiger partial charge in [-0.15, -0.1) is 0 Å². The van der Waals surface area contributed by atoms with E-state index in [4.69, 9.17) is 4.74 Å². The Hall–Kier alpha value is -2.73. The minimum atomic E-state index is -0.545. The lowest BCUT2D eigenvalue weighted by atomic mass is 9.88. The van der Waals surface area contributed by atoms with Gasteiger partial charge in [-0.3, -0.25) is 9.59 Å². The largest absolute Gasteiger partial charge is 0.385 e. The third kappa shape index (κ3) is 5.01. The molecule has 6 heteroatoms. The molecule has 1 N–H and O–H groups in total. The van der Waals surface area contributed by atoms with Crippen LogP contribution in [0.3, 0.4) is 0 Å². The molecule has 0 saturated carbocycles. The molecular formula is C23H27FN2O3. The monoisotopic (exact) mass is 398 g/mol. The molecule has 1 aliphatic rings. The molecule has 1 fully saturated rings. The lowest BCUT2D eigenvalue weighted by molar-refractivity contribution is -0.124. The Bertz CT molecular complexity index is 853. The first-order valence-corrected chi connectivity index (χ1v) is 9.88. The Morgan fingerprint density at radius 2 is 1.86 bits per heavy atom. The molecule has 0 spiro atoms. The standard InChI is InChI=1S/C23H27FN2O3/c1-16-8-10-17(11-9-16)19-14-26(23(28)18-6-3-4-7-21(18)24)15-20(19)22(27)25-12-5-13-29-2/h3-4,6-11,19-20H,5,12-15H2,1-2H3,(H,25,27)/t19-,20-/m0/s1. The summed E-state index contributed by atoms with van der Waals surface area (Å²) in [4.78, 5) is 27.4. The van der Waals surface area contributed by atoms with Gasteiger partial charge in [0, 0.05) is 39.3 Å². The molecular weight excluding hydrogens is 371 g/mol. The smallest absolute Gasteiger partial charge is 0.256 e. The van der Waals surface area contributed by atoms with Crippen LogP contribution in [-0.4, -0.2) is 50.1 Å². The van der Waals surface area contributed by atoms with Crippen molar-refractivity contribution < 1.29 is 18.7 Å². The average Bonchev–Trinajstić information content (AvgIpc) is 3.17. The number of rotatable bonds is 7. The number of benzene rings is 2. The Balaban J connectivity index is 1.79. The number of halogens is 1. The van der Waals surface area contributed by atoms with E-state index < -0.39 is 5.82 Å². The molecule has 2 aromatic carbocycles. The van der Waals surface area contributed by atoms with Gasteiger partial charge in [-0.1, -0.05) is 42.0 Å². The number of carbonyl (C=O) groups is 2. The van der Waals surface area contributed by atoms with Gasteiger partial charge in [0.25, 0.3) is 5.91 Å². The van der Waals surface area contributed by atoms with Crippen LogP contribution in [0.4, 0.5) is 4.39 Å². The van der Waals surface area contributed by atoms with E-state index in [1.807, 2.05) is 31.2 Å². The second kappa shape index (κ2) is 9.65. The minimum absolute atomic E-state index is 0.0382. The van der Waals surface area contributed by atoms with Crippen molar-refractivity contribution in [3.63, 3.8) is 0 Å². The van der Waals surface area contributed by atoms with Gasteiger partial charge < -0.3 is 15.0 Å². The van der Waals surface area contributed by atoms with Crippen LogP contribution in [-0.2, 0) is 9.53 Å². The van der Waals surface area contributed by atoms with Crippen molar-refractivity contribution in [1.29, 1.82) is 0 Å². The Labute approximate surface area is 170 Å². The zero-order chi connectivity index (χ0) is 20.8. The number of hydrogen-bond acceptors (Lipinski definition) is 3.